The second-order valence-corrected chi connectivity index (χ2v) is 12.4. The van der Waals surface area contributed by atoms with E-state index in [1.165, 1.54) is 5.56 Å². The molecule has 0 unspecified atom stereocenters. The van der Waals surface area contributed by atoms with Crippen LogP contribution in [-0.4, -0.2) is 78.6 Å². The van der Waals surface area contributed by atoms with Gasteiger partial charge in [-0.25, -0.2) is 0 Å². The molecule has 0 radical (unpaired) electrons. The van der Waals surface area contributed by atoms with Gasteiger partial charge in [-0.2, -0.15) is 0 Å². The maximum Gasteiger partial charge on any atom is 0.253 e. The summed E-state index contributed by atoms with van der Waals surface area (Å²) in [4.78, 5) is 47.7. The van der Waals surface area contributed by atoms with Gasteiger partial charge in [0.1, 0.15) is 0 Å². The summed E-state index contributed by atoms with van der Waals surface area (Å²) in [5.41, 5.74) is 7.91. The lowest BCUT2D eigenvalue weighted by atomic mass is 9.94. The van der Waals surface area contributed by atoms with Crippen molar-refractivity contribution in [3.05, 3.63) is 86.3 Å². The van der Waals surface area contributed by atoms with Crippen LogP contribution < -0.4 is 15.8 Å². The minimum atomic E-state index is -0.195. The van der Waals surface area contributed by atoms with E-state index in [4.69, 9.17) is 4.74 Å². The van der Waals surface area contributed by atoms with Crippen molar-refractivity contribution in [1.82, 2.24) is 20.1 Å². The Morgan fingerprint density at radius 2 is 1.67 bits per heavy atom. The van der Waals surface area contributed by atoms with Crippen molar-refractivity contribution in [2.24, 2.45) is 0 Å². The molecule has 2 aliphatic rings. The number of carbonyl (C=O) groups is 2. The molecule has 0 saturated carbocycles. The summed E-state index contributed by atoms with van der Waals surface area (Å²) in [6.07, 6.45) is 1.90. The van der Waals surface area contributed by atoms with Crippen LogP contribution in [0.2, 0.25) is 0 Å². The molecule has 9 nitrogen and oxygen atoms in total. The number of pyridine rings is 1. The Hall–Kier alpha value is -3.95. The minimum Gasteiger partial charge on any atom is -0.381 e. The van der Waals surface area contributed by atoms with Crippen molar-refractivity contribution in [1.29, 1.82) is 0 Å². The summed E-state index contributed by atoms with van der Waals surface area (Å²) >= 11 is 0. The molecule has 5 rings (SSSR count). The number of nitrogens with one attached hydrogen (secondary N) is 2. The Kier molecular flexibility index (Phi) is 10.4. The fourth-order valence-electron chi connectivity index (χ4n) is 6.67. The van der Waals surface area contributed by atoms with Gasteiger partial charge in [-0.1, -0.05) is 24.3 Å². The van der Waals surface area contributed by atoms with E-state index in [2.05, 4.69) is 57.4 Å². The number of aryl methyl sites for hydroxylation is 2. The largest absolute Gasteiger partial charge is 0.381 e. The number of ether oxygens (including phenoxy) is 1. The summed E-state index contributed by atoms with van der Waals surface area (Å²) in [6, 6.07) is 15.1. The molecule has 3 heterocycles. The molecular formula is C36H47N5O4. The number of aromatic nitrogens is 1. The monoisotopic (exact) mass is 613 g/mol. The highest BCUT2D eigenvalue weighted by Gasteiger charge is 2.25. The molecule has 0 spiro atoms. The average Bonchev–Trinajstić information content (AvgIpc) is 3.03. The first-order valence-corrected chi connectivity index (χ1v) is 16.2. The molecule has 2 fully saturated rings. The van der Waals surface area contributed by atoms with Crippen molar-refractivity contribution < 1.29 is 14.3 Å². The second-order valence-electron chi connectivity index (χ2n) is 12.4. The van der Waals surface area contributed by atoms with Crippen LogP contribution in [0.5, 0.6) is 0 Å². The van der Waals surface area contributed by atoms with Gasteiger partial charge in [0, 0.05) is 94.5 Å². The van der Waals surface area contributed by atoms with Crippen molar-refractivity contribution in [2.45, 2.75) is 66.6 Å². The van der Waals surface area contributed by atoms with Gasteiger partial charge >= 0.3 is 0 Å². The fraction of sp³-hybridized carbons (Fsp3) is 0.472. The van der Waals surface area contributed by atoms with Gasteiger partial charge in [-0.15, -0.1) is 0 Å². The third-order valence-corrected chi connectivity index (χ3v) is 9.34. The van der Waals surface area contributed by atoms with Crippen LogP contribution in [0, 0.1) is 20.8 Å². The number of rotatable bonds is 9. The van der Waals surface area contributed by atoms with Crippen molar-refractivity contribution >= 4 is 17.5 Å². The van der Waals surface area contributed by atoms with Gasteiger partial charge in [0.15, 0.2) is 0 Å². The summed E-state index contributed by atoms with van der Waals surface area (Å²) in [7, 11) is 0. The molecule has 0 bridgehead atoms. The number of anilines is 1. The van der Waals surface area contributed by atoms with E-state index in [1.54, 1.807) is 6.92 Å². The van der Waals surface area contributed by atoms with E-state index >= 15 is 0 Å². The quantitative estimate of drug-likeness (QED) is 0.367. The number of carbonyl (C=O) groups excluding carboxylic acids is 2. The van der Waals surface area contributed by atoms with Gasteiger partial charge in [-0.05, 0) is 86.6 Å². The Labute approximate surface area is 266 Å². The average molecular weight is 614 g/mol. The summed E-state index contributed by atoms with van der Waals surface area (Å²) in [5.74, 6) is -0.0544. The third-order valence-electron chi connectivity index (χ3n) is 9.34. The first kappa shape index (κ1) is 32.4. The summed E-state index contributed by atoms with van der Waals surface area (Å²) in [5, 5.41) is 3.04. The van der Waals surface area contributed by atoms with Gasteiger partial charge in [0.2, 0.25) is 5.91 Å². The lowest BCUT2D eigenvalue weighted by Crippen LogP contribution is -2.47. The number of H-pyrrole nitrogens is 1. The zero-order valence-corrected chi connectivity index (χ0v) is 27.4. The zero-order valence-electron chi connectivity index (χ0n) is 27.4. The van der Waals surface area contributed by atoms with Crippen molar-refractivity contribution in [2.75, 3.05) is 50.8 Å². The number of amides is 2. The Morgan fingerprint density at radius 3 is 2.29 bits per heavy atom. The Morgan fingerprint density at radius 1 is 0.978 bits per heavy atom. The number of hydrogen-bond acceptors (Lipinski definition) is 6. The standard InChI is InChI=1S/C36H47N5O4/c1-6-41(31-11-17-45-18-12-31)34-21-30(29-9-7-28(8-10-29)23-39-13-15-40(16-14-39)27(5)42)20-32(26(34)4)35(43)37-22-33-24(2)19-25(3)38-36(33)44/h7-10,19-21,31H,6,11-18,22-23H2,1-5H3,(H,37,43)(H,38,44). The molecular weight excluding hydrogens is 566 g/mol. The molecule has 2 aromatic carbocycles. The van der Waals surface area contributed by atoms with E-state index in [0.717, 1.165) is 99.0 Å². The molecule has 0 atom stereocenters. The molecule has 0 aliphatic carbocycles. The Balaban J connectivity index is 1.42. The molecule has 2 amide bonds. The number of hydrogen-bond donors (Lipinski definition) is 2. The van der Waals surface area contributed by atoms with Gasteiger partial charge in [-0.3, -0.25) is 19.3 Å². The molecule has 240 valence electrons. The van der Waals surface area contributed by atoms with E-state index in [9.17, 15) is 14.4 Å². The van der Waals surface area contributed by atoms with E-state index in [-0.39, 0.29) is 23.9 Å². The van der Waals surface area contributed by atoms with Crippen LogP contribution in [-0.2, 0) is 22.6 Å². The molecule has 2 N–H and O–H groups in total. The van der Waals surface area contributed by atoms with E-state index in [1.807, 2.05) is 37.8 Å². The zero-order chi connectivity index (χ0) is 32.1. The number of nitrogens with zero attached hydrogens (tertiary/aromatic N) is 3. The van der Waals surface area contributed by atoms with Gasteiger partial charge < -0.3 is 24.8 Å². The smallest absolute Gasteiger partial charge is 0.253 e. The first-order chi connectivity index (χ1) is 21.6. The van der Waals surface area contributed by atoms with Crippen LogP contribution in [0.3, 0.4) is 0 Å². The topological polar surface area (TPSA) is 98.0 Å². The molecule has 45 heavy (non-hydrogen) atoms. The van der Waals surface area contributed by atoms with Crippen LogP contribution in [0.4, 0.5) is 5.69 Å². The molecule has 2 aliphatic heterocycles. The third kappa shape index (κ3) is 7.65. The van der Waals surface area contributed by atoms with Gasteiger partial charge in [0.25, 0.3) is 11.5 Å². The van der Waals surface area contributed by atoms with Crippen LogP contribution >= 0.6 is 0 Å². The number of piperazine rings is 1. The predicted octanol–water partition coefficient (Wildman–Crippen LogP) is 4.57. The van der Waals surface area contributed by atoms with Crippen LogP contribution in [0.1, 0.15) is 65.0 Å². The fourth-order valence-corrected chi connectivity index (χ4v) is 6.67. The molecule has 1 aromatic heterocycles. The lowest BCUT2D eigenvalue weighted by molar-refractivity contribution is -0.130. The molecule has 2 saturated heterocycles. The predicted molar refractivity (Wildman–Crippen MR) is 179 cm³/mol. The maximum absolute atomic E-state index is 13.8. The van der Waals surface area contributed by atoms with Crippen molar-refractivity contribution in [3.63, 3.8) is 0 Å². The number of benzene rings is 2. The van der Waals surface area contributed by atoms with Crippen LogP contribution in [0.15, 0.2) is 47.3 Å². The van der Waals surface area contributed by atoms with Crippen molar-refractivity contribution in [3.8, 4) is 11.1 Å². The lowest BCUT2D eigenvalue weighted by Gasteiger charge is -2.37. The summed E-state index contributed by atoms with van der Waals surface area (Å²) in [6.45, 7) is 16.1. The molecule has 9 heteroatoms. The van der Waals surface area contributed by atoms with E-state index < -0.39 is 0 Å². The SMILES string of the molecule is CCN(c1cc(-c2ccc(CN3CCN(C(C)=O)CC3)cc2)cc(C(=O)NCc2c(C)cc(C)[nH]c2=O)c1C)C1CCOCC1. The number of aromatic amines is 1. The van der Waals surface area contributed by atoms with Crippen LogP contribution in [0.25, 0.3) is 11.1 Å². The highest BCUT2D eigenvalue weighted by Crippen LogP contribution is 2.34. The van der Waals surface area contributed by atoms with E-state index in [0.29, 0.717) is 17.2 Å². The normalized spacial score (nSPS) is 16.1. The maximum atomic E-state index is 13.8. The minimum absolute atomic E-state index is 0.141. The first-order valence-electron chi connectivity index (χ1n) is 16.2. The highest BCUT2D eigenvalue weighted by atomic mass is 16.5. The second kappa shape index (κ2) is 14.4. The summed E-state index contributed by atoms with van der Waals surface area (Å²) < 4.78 is 5.66. The Bertz CT molecular complexity index is 1570. The van der Waals surface area contributed by atoms with Gasteiger partial charge in [0.05, 0.1) is 0 Å². The highest BCUT2D eigenvalue weighted by molar-refractivity contribution is 5.99. The molecule has 3 aromatic rings.